The molecular weight excluding hydrogens is 458 g/mol. The molecule has 0 unspecified atom stereocenters. The van der Waals surface area contributed by atoms with Gasteiger partial charge in [0.2, 0.25) is 0 Å². The highest BCUT2D eigenvalue weighted by atomic mass is 32.2. The first-order valence-corrected chi connectivity index (χ1v) is 12.2. The Balaban J connectivity index is 1.48. The number of nitrogens with one attached hydrogen (secondary N) is 3. The van der Waals surface area contributed by atoms with Gasteiger partial charge in [-0.25, -0.2) is 8.42 Å². The van der Waals surface area contributed by atoms with Gasteiger partial charge in [0, 0.05) is 41.5 Å². The fourth-order valence-electron chi connectivity index (χ4n) is 3.62. The van der Waals surface area contributed by atoms with E-state index in [9.17, 15) is 18.0 Å². The molecule has 0 radical (unpaired) electrons. The molecule has 0 spiro atoms. The first-order valence-electron chi connectivity index (χ1n) is 10.7. The van der Waals surface area contributed by atoms with E-state index in [2.05, 4.69) is 15.0 Å². The summed E-state index contributed by atoms with van der Waals surface area (Å²) in [6, 6.07) is 12.4. The molecule has 1 aromatic heterocycles. The summed E-state index contributed by atoms with van der Waals surface area (Å²) in [6.45, 7) is 4.58. The molecule has 178 valence electrons. The van der Waals surface area contributed by atoms with Crippen LogP contribution < -0.4 is 25.1 Å². The van der Waals surface area contributed by atoms with Gasteiger partial charge in [0.1, 0.15) is 0 Å². The van der Waals surface area contributed by atoms with Crippen LogP contribution in [0, 0.1) is 13.8 Å². The number of hydrogen-bond donors (Lipinski definition) is 3. The molecule has 9 nitrogen and oxygen atoms in total. The van der Waals surface area contributed by atoms with Crippen molar-refractivity contribution in [1.29, 1.82) is 0 Å². The van der Waals surface area contributed by atoms with Crippen LogP contribution in [0.5, 0.6) is 11.5 Å². The van der Waals surface area contributed by atoms with Crippen molar-refractivity contribution >= 4 is 21.6 Å². The van der Waals surface area contributed by atoms with Gasteiger partial charge >= 0.3 is 0 Å². The maximum atomic E-state index is 12.9. The molecule has 1 aliphatic heterocycles. The minimum absolute atomic E-state index is 0.0145. The monoisotopic (exact) mass is 483 g/mol. The minimum atomic E-state index is -3.93. The number of aromatic amines is 1. The molecule has 0 saturated carbocycles. The van der Waals surface area contributed by atoms with Crippen molar-refractivity contribution < 1.29 is 22.7 Å². The number of carbonyl (C=O) groups excluding carboxylic acids is 1. The highest BCUT2D eigenvalue weighted by Crippen LogP contribution is 2.32. The largest absolute Gasteiger partial charge is 0.490 e. The van der Waals surface area contributed by atoms with Crippen LogP contribution in [0.1, 0.15) is 33.6 Å². The third kappa shape index (κ3) is 5.23. The quantitative estimate of drug-likeness (QED) is 0.495. The average Bonchev–Trinajstić information content (AvgIpc) is 3.03. The van der Waals surface area contributed by atoms with Crippen molar-refractivity contribution in [3.8, 4) is 11.5 Å². The predicted octanol–water partition coefficient (Wildman–Crippen LogP) is 2.88. The summed E-state index contributed by atoms with van der Waals surface area (Å²) in [4.78, 5) is 27.6. The standard InChI is InChI=1S/C24H25N3O6S/c1-15-11-16(2)26-24(29)20(15)14-25-23(28)17-5-3-6-18(12-17)27-34(30,31)19-7-8-21-22(13-19)33-10-4-9-32-21/h3,5-8,11-13,27H,4,9-10,14H2,1-2H3,(H,25,28)(H,26,29). The highest BCUT2D eigenvalue weighted by Gasteiger charge is 2.19. The van der Waals surface area contributed by atoms with Crippen LogP contribution >= 0.6 is 0 Å². The normalized spacial score (nSPS) is 13.1. The van der Waals surface area contributed by atoms with Crippen molar-refractivity contribution in [2.75, 3.05) is 17.9 Å². The number of aromatic nitrogens is 1. The summed E-state index contributed by atoms with van der Waals surface area (Å²) >= 11 is 0. The Morgan fingerprint density at radius 1 is 1.03 bits per heavy atom. The van der Waals surface area contributed by atoms with Gasteiger partial charge in [-0.1, -0.05) is 6.07 Å². The number of amides is 1. The summed E-state index contributed by atoms with van der Waals surface area (Å²) in [5, 5.41) is 2.71. The molecule has 0 bridgehead atoms. The molecule has 2 aromatic carbocycles. The first kappa shape index (κ1) is 23.4. The Labute approximate surface area is 197 Å². The number of aryl methyl sites for hydroxylation is 2. The Hall–Kier alpha value is -3.79. The van der Waals surface area contributed by atoms with Crippen LogP contribution in [0.3, 0.4) is 0 Å². The van der Waals surface area contributed by atoms with E-state index in [1.165, 1.54) is 18.2 Å². The number of hydrogen-bond acceptors (Lipinski definition) is 6. The van der Waals surface area contributed by atoms with Gasteiger partial charge in [-0.2, -0.15) is 0 Å². The van der Waals surface area contributed by atoms with E-state index in [-0.39, 0.29) is 28.3 Å². The van der Waals surface area contributed by atoms with Gasteiger partial charge in [0.15, 0.2) is 11.5 Å². The van der Waals surface area contributed by atoms with E-state index < -0.39 is 15.9 Å². The molecular formula is C24H25N3O6S. The zero-order valence-corrected chi connectivity index (χ0v) is 19.6. The van der Waals surface area contributed by atoms with Crippen molar-refractivity contribution in [1.82, 2.24) is 10.3 Å². The number of H-pyrrole nitrogens is 1. The second-order valence-electron chi connectivity index (χ2n) is 7.97. The number of ether oxygens (including phenoxy) is 2. The molecule has 34 heavy (non-hydrogen) atoms. The Bertz CT molecular complexity index is 1400. The van der Waals surface area contributed by atoms with E-state index in [4.69, 9.17) is 9.47 Å². The van der Waals surface area contributed by atoms with Gasteiger partial charge < -0.3 is 19.8 Å². The summed E-state index contributed by atoms with van der Waals surface area (Å²) in [5.74, 6) is 0.434. The smallest absolute Gasteiger partial charge is 0.262 e. The van der Waals surface area contributed by atoms with Crippen molar-refractivity contribution in [3.05, 3.63) is 81.3 Å². The molecule has 3 N–H and O–H groups in total. The molecule has 2 heterocycles. The average molecular weight is 484 g/mol. The first-order chi connectivity index (χ1) is 16.2. The van der Waals surface area contributed by atoms with Gasteiger partial charge in [-0.3, -0.25) is 14.3 Å². The summed E-state index contributed by atoms with van der Waals surface area (Å²) in [6.07, 6.45) is 0.710. The molecule has 10 heteroatoms. The Kier molecular flexibility index (Phi) is 6.60. The van der Waals surface area contributed by atoms with Crippen LogP contribution in [0.4, 0.5) is 5.69 Å². The molecule has 0 saturated heterocycles. The molecule has 1 amide bonds. The van der Waals surface area contributed by atoms with Crippen molar-refractivity contribution in [3.63, 3.8) is 0 Å². The minimum Gasteiger partial charge on any atom is -0.490 e. The zero-order chi connectivity index (χ0) is 24.3. The second kappa shape index (κ2) is 9.60. The molecule has 0 atom stereocenters. The van der Waals surface area contributed by atoms with Crippen LogP contribution in [-0.4, -0.2) is 32.5 Å². The fourth-order valence-corrected chi connectivity index (χ4v) is 4.69. The third-order valence-electron chi connectivity index (χ3n) is 5.33. The lowest BCUT2D eigenvalue weighted by Crippen LogP contribution is -2.28. The number of benzene rings is 2. The maximum absolute atomic E-state index is 12.9. The van der Waals surface area contributed by atoms with E-state index in [1.54, 1.807) is 38.1 Å². The van der Waals surface area contributed by atoms with E-state index in [0.717, 1.165) is 11.3 Å². The number of anilines is 1. The lowest BCUT2D eigenvalue weighted by molar-refractivity contribution is 0.0950. The van der Waals surface area contributed by atoms with Crippen LogP contribution in [0.15, 0.2) is 58.2 Å². The summed E-state index contributed by atoms with van der Waals surface area (Å²) in [7, 11) is -3.93. The van der Waals surface area contributed by atoms with Crippen molar-refractivity contribution in [2.45, 2.75) is 31.7 Å². The summed E-state index contributed by atoms with van der Waals surface area (Å²) < 4.78 is 39.5. The van der Waals surface area contributed by atoms with Gasteiger partial charge in [0.05, 0.1) is 18.1 Å². The lowest BCUT2D eigenvalue weighted by atomic mass is 10.1. The number of carbonyl (C=O) groups is 1. The summed E-state index contributed by atoms with van der Waals surface area (Å²) in [5.41, 5.74) is 2.20. The van der Waals surface area contributed by atoms with Crippen LogP contribution in [0.2, 0.25) is 0 Å². The Morgan fingerprint density at radius 2 is 1.79 bits per heavy atom. The molecule has 0 fully saturated rings. The fraction of sp³-hybridized carbons (Fsp3) is 0.250. The SMILES string of the molecule is Cc1cc(C)c(CNC(=O)c2cccc(NS(=O)(=O)c3ccc4c(c3)OCCCO4)c2)c(=O)[nH]1. The Morgan fingerprint density at radius 3 is 2.56 bits per heavy atom. The second-order valence-corrected chi connectivity index (χ2v) is 9.65. The van der Waals surface area contributed by atoms with Gasteiger partial charge in [-0.05, 0) is 55.8 Å². The van der Waals surface area contributed by atoms with Crippen molar-refractivity contribution in [2.24, 2.45) is 0 Å². The maximum Gasteiger partial charge on any atom is 0.262 e. The van der Waals surface area contributed by atoms with E-state index >= 15 is 0 Å². The number of fused-ring (bicyclic) bond motifs is 1. The van der Waals surface area contributed by atoms with Gasteiger partial charge in [0.25, 0.3) is 21.5 Å². The van der Waals surface area contributed by atoms with Crippen LogP contribution in [0.25, 0.3) is 0 Å². The topological polar surface area (TPSA) is 127 Å². The number of rotatable bonds is 6. The molecule has 3 aromatic rings. The predicted molar refractivity (Wildman–Crippen MR) is 127 cm³/mol. The molecule has 1 aliphatic rings. The van der Waals surface area contributed by atoms with Crippen LogP contribution in [-0.2, 0) is 16.6 Å². The number of pyridine rings is 1. The van der Waals surface area contributed by atoms with E-state index in [1.807, 2.05) is 6.07 Å². The molecule has 4 rings (SSSR count). The van der Waals surface area contributed by atoms with E-state index in [0.29, 0.717) is 36.7 Å². The highest BCUT2D eigenvalue weighted by molar-refractivity contribution is 7.92. The zero-order valence-electron chi connectivity index (χ0n) is 18.8. The number of sulfonamides is 1. The third-order valence-corrected chi connectivity index (χ3v) is 6.70. The van der Waals surface area contributed by atoms with Gasteiger partial charge in [-0.15, -0.1) is 0 Å². The molecule has 0 aliphatic carbocycles. The lowest BCUT2D eigenvalue weighted by Gasteiger charge is -2.12.